The largest absolute Gasteiger partial charge is 0.466 e. The molecule has 1 aromatic rings. The lowest BCUT2D eigenvalue weighted by Gasteiger charge is -2.10. The van der Waals surface area contributed by atoms with Gasteiger partial charge in [0.05, 0.1) is 7.11 Å². The van der Waals surface area contributed by atoms with Crippen molar-refractivity contribution in [2.45, 2.75) is 12.8 Å². The number of hydrogen-bond donors (Lipinski definition) is 2. The molecule has 0 spiro atoms. The summed E-state index contributed by atoms with van der Waals surface area (Å²) in [5, 5.41) is 6.73. The van der Waals surface area contributed by atoms with Gasteiger partial charge in [-0.3, -0.25) is 0 Å². The minimum absolute atomic E-state index is 0.229. The molecule has 2 aliphatic rings. The predicted octanol–water partition coefficient (Wildman–Crippen LogP) is 2.03. The average molecular weight is 244 g/mol. The first kappa shape index (κ1) is 11.1. The zero-order valence-electron chi connectivity index (χ0n) is 10.4. The van der Waals surface area contributed by atoms with Crippen LogP contribution >= 0.6 is 0 Å². The highest BCUT2D eigenvalue weighted by atomic mass is 16.5. The summed E-state index contributed by atoms with van der Waals surface area (Å²) in [5.74, 6) is -0.229. The maximum absolute atomic E-state index is 11.7. The molecule has 94 valence electrons. The van der Waals surface area contributed by atoms with Crippen molar-refractivity contribution >= 4 is 23.4 Å². The second-order valence-electron chi connectivity index (χ2n) is 4.57. The van der Waals surface area contributed by atoms with Crippen LogP contribution < -0.4 is 10.6 Å². The summed E-state index contributed by atoms with van der Waals surface area (Å²) in [7, 11) is 1.43. The van der Waals surface area contributed by atoms with Crippen LogP contribution in [0.1, 0.15) is 17.5 Å². The van der Waals surface area contributed by atoms with Crippen LogP contribution in [0, 0.1) is 0 Å². The van der Waals surface area contributed by atoms with E-state index in [1.54, 1.807) is 0 Å². The van der Waals surface area contributed by atoms with Crippen LogP contribution in [0.25, 0.3) is 6.08 Å². The zero-order chi connectivity index (χ0) is 12.5. The molecule has 2 heterocycles. The first-order chi connectivity index (χ1) is 8.79. The molecule has 0 aliphatic carbocycles. The van der Waals surface area contributed by atoms with Gasteiger partial charge in [-0.25, -0.2) is 4.79 Å². The number of methoxy groups -OCH3 is 1. The SMILES string of the molecule is COC(=O)C1=Cc2c(ccc3c2CCN3)NCC1. The standard InChI is InChI=1S/C14H16N2O2/c1-18-14(17)9-4-6-15-13-3-2-12-10(5-7-16-12)11(13)8-9/h2-3,8,15-16H,4-7H2,1H3. The van der Waals surface area contributed by atoms with Crippen LogP contribution in [0.5, 0.6) is 0 Å². The fourth-order valence-electron chi connectivity index (χ4n) is 2.61. The monoisotopic (exact) mass is 244 g/mol. The Labute approximate surface area is 106 Å². The van der Waals surface area contributed by atoms with Crippen molar-refractivity contribution in [3.63, 3.8) is 0 Å². The summed E-state index contributed by atoms with van der Waals surface area (Å²) in [6.07, 6.45) is 3.68. The first-order valence-electron chi connectivity index (χ1n) is 6.22. The average Bonchev–Trinajstić information content (AvgIpc) is 2.76. The number of fused-ring (bicyclic) bond motifs is 3. The summed E-state index contributed by atoms with van der Waals surface area (Å²) in [4.78, 5) is 11.7. The van der Waals surface area contributed by atoms with Gasteiger partial charge in [-0.1, -0.05) is 0 Å². The summed E-state index contributed by atoms with van der Waals surface area (Å²) in [5.41, 5.74) is 5.46. The molecular weight excluding hydrogens is 228 g/mol. The molecule has 0 saturated carbocycles. The zero-order valence-corrected chi connectivity index (χ0v) is 10.4. The van der Waals surface area contributed by atoms with E-state index < -0.39 is 0 Å². The molecule has 0 saturated heterocycles. The number of nitrogens with one attached hydrogen (secondary N) is 2. The van der Waals surface area contributed by atoms with Crippen molar-refractivity contribution < 1.29 is 9.53 Å². The fourth-order valence-corrected chi connectivity index (χ4v) is 2.61. The third-order valence-electron chi connectivity index (χ3n) is 3.52. The fraction of sp³-hybridized carbons (Fsp3) is 0.357. The molecule has 4 heteroatoms. The van der Waals surface area contributed by atoms with Crippen molar-refractivity contribution in [1.82, 2.24) is 0 Å². The number of anilines is 2. The van der Waals surface area contributed by atoms with Gasteiger partial charge in [0.15, 0.2) is 0 Å². The second-order valence-corrected chi connectivity index (χ2v) is 4.57. The van der Waals surface area contributed by atoms with Gasteiger partial charge in [-0.05, 0) is 36.6 Å². The lowest BCUT2D eigenvalue weighted by atomic mass is 10.0. The Balaban J connectivity index is 2.11. The molecule has 4 nitrogen and oxygen atoms in total. The van der Waals surface area contributed by atoms with Crippen LogP contribution in [0.15, 0.2) is 17.7 Å². The van der Waals surface area contributed by atoms with Crippen molar-refractivity contribution in [1.29, 1.82) is 0 Å². The van der Waals surface area contributed by atoms with E-state index in [1.165, 1.54) is 18.4 Å². The Morgan fingerprint density at radius 1 is 1.17 bits per heavy atom. The quantitative estimate of drug-likeness (QED) is 0.742. The van der Waals surface area contributed by atoms with E-state index in [-0.39, 0.29) is 5.97 Å². The molecule has 0 bridgehead atoms. The van der Waals surface area contributed by atoms with E-state index in [9.17, 15) is 4.79 Å². The molecule has 0 atom stereocenters. The van der Waals surface area contributed by atoms with Crippen molar-refractivity contribution in [3.05, 3.63) is 28.8 Å². The Morgan fingerprint density at radius 2 is 1.89 bits per heavy atom. The Bertz CT molecular complexity index is 535. The Kier molecular flexibility index (Phi) is 2.70. The molecule has 1 aromatic carbocycles. The number of ether oxygens (including phenoxy) is 1. The van der Waals surface area contributed by atoms with Crippen molar-refractivity contribution in [3.8, 4) is 0 Å². The number of carbonyl (C=O) groups excluding carboxylic acids is 1. The van der Waals surface area contributed by atoms with Crippen LogP contribution in [-0.4, -0.2) is 26.2 Å². The van der Waals surface area contributed by atoms with E-state index in [2.05, 4.69) is 22.8 Å². The van der Waals surface area contributed by atoms with E-state index in [0.717, 1.165) is 36.3 Å². The van der Waals surface area contributed by atoms with Gasteiger partial charge in [0, 0.05) is 35.6 Å². The molecular formula is C14H16N2O2. The van der Waals surface area contributed by atoms with Gasteiger partial charge in [-0.2, -0.15) is 0 Å². The van der Waals surface area contributed by atoms with Gasteiger partial charge in [-0.15, -0.1) is 0 Å². The highest BCUT2D eigenvalue weighted by molar-refractivity contribution is 5.96. The maximum Gasteiger partial charge on any atom is 0.333 e. The van der Waals surface area contributed by atoms with Crippen molar-refractivity contribution in [2.24, 2.45) is 0 Å². The molecule has 0 amide bonds. The summed E-state index contributed by atoms with van der Waals surface area (Å²) < 4.78 is 4.83. The predicted molar refractivity (Wildman–Crippen MR) is 71.7 cm³/mol. The summed E-state index contributed by atoms with van der Waals surface area (Å²) in [6.45, 7) is 1.73. The molecule has 0 unspecified atom stereocenters. The molecule has 18 heavy (non-hydrogen) atoms. The summed E-state index contributed by atoms with van der Waals surface area (Å²) in [6, 6.07) is 4.17. The smallest absolute Gasteiger partial charge is 0.333 e. The topological polar surface area (TPSA) is 50.4 Å². The van der Waals surface area contributed by atoms with E-state index in [1.807, 2.05) is 6.08 Å². The van der Waals surface area contributed by atoms with E-state index in [4.69, 9.17) is 4.74 Å². The summed E-state index contributed by atoms with van der Waals surface area (Å²) >= 11 is 0. The van der Waals surface area contributed by atoms with Crippen LogP contribution in [0.4, 0.5) is 11.4 Å². The minimum Gasteiger partial charge on any atom is -0.466 e. The van der Waals surface area contributed by atoms with Crippen LogP contribution in [-0.2, 0) is 16.0 Å². The van der Waals surface area contributed by atoms with Gasteiger partial charge < -0.3 is 15.4 Å². The second kappa shape index (κ2) is 4.37. The van der Waals surface area contributed by atoms with Gasteiger partial charge in [0.1, 0.15) is 0 Å². The third-order valence-corrected chi connectivity index (χ3v) is 3.52. The van der Waals surface area contributed by atoms with Gasteiger partial charge in [0.2, 0.25) is 0 Å². The molecule has 2 aliphatic heterocycles. The van der Waals surface area contributed by atoms with Gasteiger partial charge >= 0.3 is 5.97 Å². The van der Waals surface area contributed by atoms with E-state index in [0.29, 0.717) is 6.42 Å². The lowest BCUT2D eigenvalue weighted by Crippen LogP contribution is -2.07. The van der Waals surface area contributed by atoms with Gasteiger partial charge in [0.25, 0.3) is 0 Å². The normalized spacial score (nSPS) is 16.6. The number of carbonyl (C=O) groups is 1. The Hall–Kier alpha value is -1.97. The number of benzene rings is 1. The highest BCUT2D eigenvalue weighted by Crippen LogP contribution is 2.34. The highest BCUT2D eigenvalue weighted by Gasteiger charge is 2.20. The van der Waals surface area contributed by atoms with Crippen molar-refractivity contribution in [2.75, 3.05) is 30.8 Å². The van der Waals surface area contributed by atoms with Crippen LogP contribution in [0.3, 0.4) is 0 Å². The molecule has 0 fully saturated rings. The maximum atomic E-state index is 11.7. The third kappa shape index (κ3) is 1.74. The molecule has 0 radical (unpaired) electrons. The Morgan fingerprint density at radius 3 is 2.72 bits per heavy atom. The lowest BCUT2D eigenvalue weighted by molar-refractivity contribution is -0.136. The molecule has 0 aromatic heterocycles. The number of esters is 1. The number of rotatable bonds is 1. The van der Waals surface area contributed by atoms with E-state index >= 15 is 0 Å². The molecule has 3 rings (SSSR count). The molecule has 2 N–H and O–H groups in total. The first-order valence-corrected chi connectivity index (χ1v) is 6.22. The van der Waals surface area contributed by atoms with Crippen LogP contribution in [0.2, 0.25) is 0 Å². The minimum atomic E-state index is -0.229. The number of hydrogen-bond acceptors (Lipinski definition) is 4.